The normalized spacial score (nSPS) is 14.7. The Morgan fingerprint density at radius 1 is 1.12 bits per heavy atom. The molecule has 1 rings (SSSR count). The monoisotopic (exact) mass is 221 g/mol. The molecule has 2 nitrogen and oxygen atoms in total. The van der Waals surface area contributed by atoms with Crippen molar-refractivity contribution in [2.24, 2.45) is 0 Å². The van der Waals surface area contributed by atoms with Crippen LogP contribution in [-0.2, 0) is 5.54 Å². The third-order valence-electron chi connectivity index (χ3n) is 3.06. The highest BCUT2D eigenvalue weighted by Gasteiger charge is 2.29. The van der Waals surface area contributed by atoms with Gasteiger partial charge >= 0.3 is 0 Å². The molecule has 1 atom stereocenters. The summed E-state index contributed by atoms with van der Waals surface area (Å²) in [7, 11) is 0. The summed E-state index contributed by atoms with van der Waals surface area (Å²) in [5.41, 5.74) is 1.23. The van der Waals surface area contributed by atoms with E-state index >= 15 is 0 Å². The molecular formula is C14H23NO. The van der Waals surface area contributed by atoms with Crippen molar-refractivity contribution in [2.75, 3.05) is 13.2 Å². The van der Waals surface area contributed by atoms with Crippen molar-refractivity contribution in [2.45, 2.75) is 38.6 Å². The Hall–Kier alpha value is -0.860. The summed E-state index contributed by atoms with van der Waals surface area (Å²) in [5, 5.41) is 12.8. The second-order valence-corrected chi connectivity index (χ2v) is 4.20. The molecule has 90 valence electrons. The molecule has 0 aliphatic rings. The Labute approximate surface area is 98.7 Å². The fourth-order valence-corrected chi connectivity index (χ4v) is 2.41. The molecule has 0 fully saturated rings. The van der Waals surface area contributed by atoms with E-state index in [2.05, 4.69) is 43.4 Å². The van der Waals surface area contributed by atoms with Crippen molar-refractivity contribution >= 4 is 0 Å². The SMILES string of the molecule is CCCC(CCO)(NCC)c1ccccc1. The van der Waals surface area contributed by atoms with E-state index in [0.29, 0.717) is 0 Å². The van der Waals surface area contributed by atoms with Crippen molar-refractivity contribution in [3.63, 3.8) is 0 Å². The van der Waals surface area contributed by atoms with E-state index in [1.54, 1.807) is 0 Å². The molecule has 2 N–H and O–H groups in total. The molecule has 1 aromatic rings. The Balaban J connectivity index is 2.99. The van der Waals surface area contributed by atoms with Gasteiger partial charge in [-0.05, 0) is 24.9 Å². The van der Waals surface area contributed by atoms with Crippen molar-refractivity contribution in [3.8, 4) is 0 Å². The van der Waals surface area contributed by atoms with Crippen LogP contribution < -0.4 is 5.32 Å². The van der Waals surface area contributed by atoms with E-state index in [-0.39, 0.29) is 12.1 Å². The average molecular weight is 221 g/mol. The summed E-state index contributed by atoms with van der Waals surface area (Å²) in [4.78, 5) is 0. The second kappa shape index (κ2) is 6.66. The molecule has 0 aliphatic heterocycles. The first kappa shape index (κ1) is 13.2. The van der Waals surface area contributed by atoms with Gasteiger partial charge in [-0.2, -0.15) is 0 Å². The zero-order chi connectivity index (χ0) is 11.9. The van der Waals surface area contributed by atoms with Gasteiger partial charge in [0.05, 0.1) is 0 Å². The van der Waals surface area contributed by atoms with Gasteiger partial charge in [-0.1, -0.05) is 50.6 Å². The van der Waals surface area contributed by atoms with Crippen LogP contribution in [0.5, 0.6) is 0 Å². The van der Waals surface area contributed by atoms with Gasteiger partial charge in [0.15, 0.2) is 0 Å². The van der Waals surface area contributed by atoms with E-state index in [1.807, 2.05) is 6.07 Å². The van der Waals surface area contributed by atoms with Crippen molar-refractivity contribution in [1.29, 1.82) is 0 Å². The predicted molar refractivity (Wildman–Crippen MR) is 68.4 cm³/mol. The minimum Gasteiger partial charge on any atom is -0.396 e. The number of benzene rings is 1. The molecule has 0 amide bonds. The standard InChI is InChI=1S/C14H23NO/c1-3-10-14(11-12-16,15-4-2)13-8-6-5-7-9-13/h5-9,15-16H,3-4,10-12H2,1-2H3. The molecule has 1 unspecified atom stereocenters. The highest BCUT2D eigenvalue weighted by molar-refractivity contribution is 5.24. The molecule has 1 aromatic carbocycles. The van der Waals surface area contributed by atoms with Crippen LogP contribution in [0.15, 0.2) is 30.3 Å². The Morgan fingerprint density at radius 2 is 1.81 bits per heavy atom. The lowest BCUT2D eigenvalue weighted by molar-refractivity contribution is 0.200. The van der Waals surface area contributed by atoms with Crippen LogP contribution in [0.2, 0.25) is 0 Å². The maximum Gasteiger partial charge on any atom is 0.0456 e. The van der Waals surface area contributed by atoms with Crippen LogP contribution in [0.25, 0.3) is 0 Å². The van der Waals surface area contributed by atoms with Gasteiger partial charge in [0.25, 0.3) is 0 Å². The van der Waals surface area contributed by atoms with Gasteiger partial charge in [-0.15, -0.1) is 0 Å². The molecule has 0 saturated heterocycles. The van der Waals surface area contributed by atoms with E-state index in [9.17, 15) is 5.11 Å². The van der Waals surface area contributed by atoms with Crippen LogP contribution in [0, 0.1) is 0 Å². The minimum absolute atomic E-state index is 0.0560. The number of aliphatic hydroxyl groups is 1. The number of rotatable bonds is 7. The smallest absolute Gasteiger partial charge is 0.0456 e. The minimum atomic E-state index is -0.0560. The zero-order valence-corrected chi connectivity index (χ0v) is 10.4. The molecule has 0 heterocycles. The van der Waals surface area contributed by atoms with Crippen molar-refractivity contribution in [1.82, 2.24) is 5.32 Å². The first-order valence-corrected chi connectivity index (χ1v) is 6.20. The molecule has 0 bridgehead atoms. The zero-order valence-electron chi connectivity index (χ0n) is 10.4. The molecule has 0 radical (unpaired) electrons. The number of nitrogens with one attached hydrogen (secondary N) is 1. The van der Waals surface area contributed by atoms with E-state index in [0.717, 1.165) is 25.8 Å². The fourth-order valence-electron chi connectivity index (χ4n) is 2.41. The van der Waals surface area contributed by atoms with Gasteiger partial charge in [-0.3, -0.25) is 0 Å². The summed E-state index contributed by atoms with van der Waals surface area (Å²) in [6, 6.07) is 10.5. The van der Waals surface area contributed by atoms with Crippen LogP contribution in [0.3, 0.4) is 0 Å². The third kappa shape index (κ3) is 3.06. The highest BCUT2D eigenvalue weighted by atomic mass is 16.3. The van der Waals surface area contributed by atoms with E-state index < -0.39 is 0 Å². The molecule has 0 aliphatic carbocycles. The quantitative estimate of drug-likeness (QED) is 0.742. The van der Waals surface area contributed by atoms with Crippen molar-refractivity contribution < 1.29 is 5.11 Å². The topological polar surface area (TPSA) is 32.3 Å². The lowest BCUT2D eigenvalue weighted by Crippen LogP contribution is -2.43. The summed E-state index contributed by atoms with van der Waals surface area (Å²) in [6.07, 6.45) is 2.95. The lowest BCUT2D eigenvalue weighted by atomic mass is 9.82. The first-order chi connectivity index (χ1) is 7.79. The summed E-state index contributed by atoms with van der Waals surface area (Å²) < 4.78 is 0. The number of aliphatic hydroxyl groups excluding tert-OH is 1. The van der Waals surface area contributed by atoms with E-state index in [4.69, 9.17) is 0 Å². The molecule has 16 heavy (non-hydrogen) atoms. The number of hydrogen-bond donors (Lipinski definition) is 2. The Bertz CT molecular complexity index is 267. The molecule has 0 saturated carbocycles. The van der Waals surface area contributed by atoms with Gasteiger partial charge in [0.1, 0.15) is 0 Å². The Kier molecular flexibility index (Phi) is 5.50. The second-order valence-electron chi connectivity index (χ2n) is 4.20. The maximum atomic E-state index is 9.28. The molecule has 0 spiro atoms. The van der Waals surface area contributed by atoms with Crippen LogP contribution in [0.4, 0.5) is 0 Å². The van der Waals surface area contributed by atoms with Gasteiger partial charge in [0, 0.05) is 12.1 Å². The maximum absolute atomic E-state index is 9.28. The number of hydrogen-bond acceptors (Lipinski definition) is 2. The molecule has 2 heteroatoms. The Morgan fingerprint density at radius 3 is 2.31 bits per heavy atom. The molecular weight excluding hydrogens is 198 g/mol. The fraction of sp³-hybridized carbons (Fsp3) is 0.571. The van der Waals surface area contributed by atoms with Gasteiger partial charge in [-0.25, -0.2) is 0 Å². The van der Waals surface area contributed by atoms with Gasteiger partial charge < -0.3 is 10.4 Å². The lowest BCUT2D eigenvalue weighted by Gasteiger charge is -2.35. The summed E-state index contributed by atoms with van der Waals surface area (Å²) >= 11 is 0. The summed E-state index contributed by atoms with van der Waals surface area (Å²) in [6.45, 7) is 5.45. The van der Waals surface area contributed by atoms with Crippen LogP contribution >= 0.6 is 0 Å². The highest BCUT2D eigenvalue weighted by Crippen LogP contribution is 2.29. The first-order valence-electron chi connectivity index (χ1n) is 6.20. The third-order valence-corrected chi connectivity index (χ3v) is 3.06. The molecule has 0 aromatic heterocycles. The average Bonchev–Trinajstić information content (AvgIpc) is 2.31. The van der Waals surface area contributed by atoms with Crippen LogP contribution in [-0.4, -0.2) is 18.3 Å². The van der Waals surface area contributed by atoms with Gasteiger partial charge in [0.2, 0.25) is 0 Å². The largest absolute Gasteiger partial charge is 0.396 e. The predicted octanol–water partition coefficient (Wildman–Crippen LogP) is 2.67. The van der Waals surface area contributed by atoms with E-state index in [1.165, 1.54) is 5.56 Å². The van der Waals surface area contributed by atoms with Crippen molar-refractivity contribution in [3.05, 3.63) is 35.9 Å². The van der Waals surface area contributed by atoms with Crippen LogP contribution in [0.1, 0.15) is 38.7 Å². The summed E-state index contributed by atoms with van der Waals surface area (Å²) in [5.74, 6) is 0.